The van der Waals surface area contributed by atoms with Gasteiger partial charge in [-0.1, -0.05) is 25.6 Å². The highest BCUT2D eigenvalue weighted by Gasteiger charge is 2.16. The fraction of sp³-hybridized carbons (Fsp3) is 0.636. The molecule has 0 atom stereocenters. The zero-order valence-electron chi connectivity index (χ0n) is 9.74. The third-order valence-corrected chi connectivity index (χ3v) is 4.20. The molecule has 15 heavy (non-hydrogen) atoms. The van der Waals surface area contributed by atoms with Crippen LogP contribution in [0.25, 0.3) is 0 Å². The Morgan fingerprint density at radius 3 is 2.27 bits per heavy atom. The van der Waals surface area contributed by atoms with Gasteiger partial charge >= 0.3 is 0 Å². The second-order valence-electron chi connectivity index (χ2n) is 4.54. The maximum atomic E-state index is 4.40. The van der Waals surface area contributed by atoms with E-state index in [0.29, 0.717) is 0 Å². The summed E-state index contributed by atoms with van der Waals surface area (Å²) in [6.45, 7) is 8.41. The van der Waals surface area contributed by atoms with Gasteiger partial charge in [0.2, 0.25) is 0 Å². The van der Waals surface area contributed by atoms with Gasteiger partial charge < -0.3 is 0 Å². The van der Waals surface area contributed by atoms with E-state index in [1.807, 2.05) is 19.9 Å². The van der Waals surface area contributed by atoms with Crippen LogP contribution < -0.4 is 0 Å². The van der Waals surface area contributed by atoms with E-state index in [2.05, 4.69) is 36.4 Å². The highest BCUT2D eigenvalue weighted by atomic mass is 32.2. The van der Waals surface area contributed by atoms with Gasteiger partial charge in [-0.25, -0.2) is 9.97 Å². The maximum Gasteiger partial charge on any atom is 0.187 e. The van der Waals surface area contributed by atoms with Crippen LogP contribution in [0.1, 0.15) is 25.2 Å². The number of hydrogen-bond acceptors (Lipinski definition) is 4. The lowest BCUT2D eigenvalue weighted by molar-refractivity contribution is 0.493. The molecular weight excluding hydrogens is 224 g/mol. The second-order valence-corrected chi connectivity index (χ2v) is 5.80. The first kappa shape index (κ1) is 12.8. The van der Waals surface area contributed by atoms with Crippen molar-refractivity contribution in [3.8, 4) is 0 Å². The van der Waals surface area contributed by atoms with Gasteiger partial charge in [-0.3, -0.25) is 0 Å². The highest BCUT2D eigenvalue weighted by molar-refractivity contribution is 7.99. The average molecular weight is 242 g/mol. The summed E-state index contributed by atoms with van der Waals surface area (Å²) in [5.74, 6) is 1.88. The second kappa shape index (κ2) is 5.21. The quantitative estimate of drug-likeness (QED) is 0.499. The van der Waals surface area contributed by atoms with Gasteiger partial charge in [-0.15, -0.1) is 0 Å². The molecule has 1 heterocycles. The molecule has 0 aliphatic rings. The Bertz CT molecular complexity index is 317. The van der Waals surface area contributed by atoms with E-state index in [1.165, 1.54) is 0 Å². The number of rotatable bonds is 4. The topological polar surface area (TPSA) is 25.8 Å². The molecule has 0 saturated carbocycles. The lowest BCUT2D eigenvalue weighted by atomic mass is 10.0. The van der Waals surface area contributed by atoms with Gasteiger partial charge in [0.1, 0.15) is 0 Å². The predicted molar refractivity (Wildman–Crippen MR) is 69.9 cm³/mol. The molecule has 1 aromatic rings. The van der Waals surface area contributed by atoms with Crippen LogP contribution in [0.15, 0.2) is 11.2 Å². The summed E-state index contributed by atoms with van der Waals surface area (Å²) in [6.07, 6.45) is 0. The number of thioether (sulfide) groups is 1. The highest BCUT2D eigenvalue weighted by Crippen LogP contribution is 2.26. The number of aryl methyl sites for hydroxylation is 2. The van der Waals surface area contributed by atoms with Crippen LogP contribution in [0.5, 0.6) is 0 Å². The number of aromatic nitrogens is 2. The minimum Gasteiger partial charge on any atom is -0.228 e. The van der Waals surface area contributed by atoms with E-state index in [0.717, 1.165) is 28.0 Å². The van der Waals surface area contributed by atoms with Crippen molar-refractivity contribution >= 4 is 24.4 Å². The average Bonchev–Trinajstić information content (AvgIpc) is 2.14. The van der Waals surface area contributed by atoms with E-state index in [9.17, 15) is 0 Å². The summed E-state index contributed by atoms with van der Waals surface area (Å²) in [7, 11) is 0. The van der Waals surface area contributed by atoms with Crippen molar-refractivity contribution in [1.82, 2.24) is 9.97 Å². The Morgan fingerprint density at radius 2 is 1.80 bits per heavy atom. The van der Waals surface area contributed by atoms with E-state index in [-0.39, 0.29) is 5.41 Å². The summed E-state index contributed by atoms with van der Waals surface area (Å²) in [5.41, 5.74) is 2.30. The van der Waals surface area contributed by atoms with Crippen molar-refractivity contribution in [2.24, 2.45) is 5.41 Å². The van der Waals surface area contributed by atoms with Gasteiger partial charge in [-0.05, 0) is 31.1 Å². The van der Waals surface area contributed by atoms with Crippen molar-refractivity contribution in [2.45, 2.75) is 32.9 Å². The Balaban J connectivity index is 2.65. The lowest BCUT2D eigenvalue weighted by Gasteiger charge is -2.20. The smallest absolute Gasteiger partial charge is 0.187 e. The Labute approximate surface area is 102 Å². The molecule has 0 amide bonds. The monoisotopic (exact) mass is 242 g/mol. The molecule has 0 fully saturated rings. The third-order valence-electron chi connectivity index (χ3n) is 1.98. The fourth-order valence-corrected chi connectivity index (χ4v) is 2.37. The first-order chi connectivity index (χ1) is 6.93. The molecule has 0 aliphatic carbocycles. The Kier molecular flexibility index (Phi) is 4.46. The van der Waals surface area contributed by atoms with Crippen molar-refractivity contribution in [3.63, 3.8) is 0 Å². The van der Waals surface area contributed by atoms with E-state index in [1.54, 1.807) is 11.8 Å². The first-order valence-corrected chi connectivity index (χ1v) is 6.61. The van der Waals surface area contributed by atoms with Crippen LogP contribution in [-0.2, 0) is 0 Å². The van der Waals surface area contributed by atoms with Crippen LogP contribution in [0, 0.1) is 19.3 Å². The molecule has 0 bridgehead atoms. The normalized spacial score (nSPS) is 11.8. The van der Waals surface area contributed by atoms with E-state index >= 15 is 0 Å². The molecule has 0 unspecified atom stereocenters. The molecule has 2 nitrogen and oxygen atoms in total. The predicted octanol–water partition coefficient (Wildman–Crippen LogP) is 3.14. The summed E-state index contributed by atoms with van der Waals surface area (Å²) < 4.78 is 0. The van der Waals surface area contributed by atoms with Crippen molar-refractivity contribution in [1.29, 1.82) is 0 Å². The number of thiol groups is 1. The van der Waals surface area contributed by atoms with Gasteiger partial charge in [0.25, 0.3) is 0 Å². The molecular formula is C11H18N2S2. The molecule has 0 spiro atoms. The largest absolute Gasteiger partial charge is 0.228 e. The summed E-state index contributed by atoms with van der Waals surface area (Å²) in [4.78, 5) is 8.80. The van der Waals surface area contributed by atoms with Crippen LogP contribution >= 0.6 is 24.4 Å². The minimum absolute atomic E-state index is 0.231. The fourth-order valence-electron chi connectivity index (χ4n) is 1.06. The zero-order chi connectivity index (χ0) is 11.5. The van der Waals surface area contributed by atoms with Crippen LogP contribution in [0.4, 0.5) is 0 Å². The minimum atomic E-state index is 0.231. The first-order valence-electron chi connectivity index (χ1n) is 4.99. The Hall–Kier alpha value is -0.220. The molecule has 4 heteroatoms. The molecule has 0 aliphatic heterocycles. The van der Waals surface area contributed by atoms with Crippen molar-refractivity contribution in [2.75, 3.05) is 11.5 Å². The van der Waals surface area contributed by atoms with Crippen LogP contribution in [-0.4, -0.2) is 21.5 Å². The molecule has 0 N–H and O–H groups in total. The molecule has 0 saturated heterocycles. The van der Waals surface area contributed by atoms with Crippen LogP contribution in [0.2, 0.25) is 0 Å². The number of hydrogen-bond donors (Lipinski definition) is 1. The molecule has 1 rings (SSSR count). The Morgan fingerprint density at radius 1 is 1.27 bits per heavy atom. The SMILES string of the molecule is Cc1cc(C)nc(SCC(C)(C)CS)n1. The van der Waals surface area contributed by atoms with E-state index < -0.39 is 0 Å². The van der Waals surface area contributed by atoms with Gasteiger partial charge in [0, 0.05) is 17.1 Å². The van der Waals surface area contributed by atoms with Crippen LogP contribution in [0.3, 0.4) is 0 Å². The van der Waals surface area contributed by atoms with Crippen molar-refractivity contribution in [3.05, 3.63) is 17.5 Å². The van der Waals surface area contributed by atoms with E-state index in [4.69, 9.17) is 0 Å². The standard InChI is InChI=1S/C11H18N2S2/c1-8-5-9(2)13-10(12-8)15-7-11(3,4)6-14/h5,14H,6-7H2,1-4H3. The molecule has 0 radical (unpaired) electrons. The summed E-state index contributed by atoms with van der Waals surface area (Å²) in [5, 5.41) is 0.877. The maximum absolute atomic E-state index is 4.40. The van der Waals surface area contributed by atoms with Gasteiger partial charge in [0.15, 0.2) is 5.16 Å². The summed E-state index contributed by atoms with van der Waals surface area (Å²) in [6, 6.07) is 1.99. The molecule has 0 aromatic carbocycles. The van der Waals surface area contributed by atoms with Crippen molar-refractivity contribution < 1.29 is 0 Å². The molecule has 1 aromatic heterocycles. The lowest BCUT2D eigenvalue weighted by Crippen LogP contribution is -2.16. The summed E-state index contributed by atoms with van der Waals surface area (Å²) >= 11 is 6.04. The zero-order valence-corrected chi connectivity index (χ0v) is 11.5. The molecule has 84 valence electrons. The van der Waals surface area contributed by atoms with Gasteiger partial charge in [-0.2, -0.15) is 12.6 Å². The number of nitrogens with zero attached hydrogens (tertiary/aromatic N) is 2. The third kappa shape index (κ3) is 4.43. The van der Waals surface area contributed by atoms with Gasteiger partial charge in [0.05, 0.1) is 0 Å².